The van der Waals surface area contributed by atoms with Gasteiger partial charge in [-0.15, -0.1) is 0 Å². The predicted molar refractivity (Wildman–Crippen MR) is 80.1 cm³/mol. The number of ether oxygens (including phenoxy) is 1. The Morgan fingerprint density at radius 2 is 2.18 bits per heavy atom. The first-order valence-electron chi connectivity index (χ1n) is 5.91. The maximum absolute atomic E-state index is 5.62. The van der Waals surface area contributed by atoms with Crippen LogP contribution in [0.2, 0.25) is 0 Å². The highest BCUT2D eigenvalue weighted by Gasteiger charge is 1.94. The van der Waals surface area contributed by atoms with Crippen LogP contribution in [0.4, 0.5) is 0 Å². The summed E-state index contributed by atoms with van der Waals surface area (Å²) < 4.78 is 6.67. The smallest absolute Gasteiger partial charge is 0.120 e. The zero-order chi connectivity index (χ0) is 12.3. The SMILES string of the molecule is CSCCCCNCCOc1cccc(Br)c1. The van der Waals surface area contributed by atoms with Gasteiger partial charge >= 0.3 is 0 Å². The fourth-order valence-corrected chi connectivity index (χ4v) is 2.29. The Bertz CT molecular complexity index is 309. The van der Waals surface area contributed by atoms with E-state index in [-0.39, 0.29) is 0 Å². The number of benzene rings is 1. The highest BCUT2D eigenvalue weighted by molar-refractivity contribution is 9.10. The second-order valence-electron chi connectivity index (χ2n) is 3.76. The second kappa shape index (κ2) is 9.80. The van der Waals surface area contributed by atoms with Crippen LogP contribution in [0.3, 0.4) is 0 Å². The Kier molecular flexibility index (Phi) is 8.57. The first-order chi connectivity index (χ1) is 8.33. The van der Waals surface area contributed by atoms with Crippen molar-refractivity contribution in [2.24, 2.45) is 0 Å². The number of hydrogen-bond donors (Lipinski definition) is 1. The third kappa shape index (κ3) is 7.68. The fourth-order valence-electron chi connectivity index (χ4n) is 1.42. The maximum atomic E-state index is 5.62. The van der Waals surface area contributed by atoms with Crippen molar-refractivity contribution >= 4 is 27.7 Å². The lowest BCUT2D eigenvalue weighted by molar-refractivity contribution is 0.313. The van der Waals surface area contributed by atoms with Gasteiger partial charge in [0.2, 0.25) is 0 Å². The lowest BCUT2D eigenvalue weighted by atomic mass is 10.3. The molecule has 0 aliphatic heterocycles. The average Bonchev–Trinajstić information content (AvgIpc) is 2.33. The van der Waals surface area contributed by atoms with Gasteiger partial charge in [-0.25, -0.2) is 0 Å². The first-order valence-corrected chi connectivity index (χ1v) is 8.09. The molecule has 0 unspecified atom stereocenters. The Balaban J connectivity index is 1.97. The van der Waals surface area contributed by atoms with E-state index in [0.717, 1.165) is 29.9 Å². The molecule has 0 spiro atoms. The van der Waals surface area contributed by atoms with Gasteiger partial charge in [0.25, 0.3) is 0 Å². The zero-order valence-corrected chi connectivity index (χ0v) is 12.6. The van der Waals surface area contributed by atoms with Crippen LogP contribution >= 0.6 is 27.7 Å². The molecule has 0 atom stereocenters. The molecule has 1 aromatic carbocycles. The summed E-state index contributed by atoms with van der Waals surface area (Å²) in [6.07, 6.45) is 4.69. The standard InChI is InChI=1S/C13H20BrNOS/c1-17-10-3-2-7-15-8-9-16-13-6-4-5-12(14)11-13/h4-6,11,15H,2-3,7-10H2,1H3. The number of rotatable bonds is 9. The van der Waals surface area contributed by atoms with Gasteiger partial charge in [-0.05, 0) is 49.6 Å². The van der Waals surface area contributed by atoms with Gasteiger partial charge in [-0.2, -0.15) is 11.8 Å². The van der Waals surface area contributed by atoms with Gasteiger partial charge in [-0.1, -0.05) is 22.0 Å². The van der Waals surface area contributed by atoms with Crippen LogP contribution in [0.5, 0.6) is 5.75 Å². The molecule has 96 valence electrons. The van der Waals surface area contributed by atoms with Gasteiger partial charge < -0.3 is 10.1 Å². The molecule has 0 fully saturated rings. The normalized spacial score (nSPS) is 10.5. The van der Waals surface area contributed by atoms with Gasteiger partial charge in [0, 0.05) is 11.0 Å². The molecule has 1 N–H and O–H groups in total. The van der Waals surface area contributed by atoms with Crippen LogP contribution in [0.1, 0.15) is 12.8 Å². The molecule has 0 aromatic heterocycles. The molecule has 0 saturated heterocycles. The van der Waals surface area contributed by atoms with E-state index < -0.39 is 0 Å². The van der Waals surface area contributed by atoms with E-state index in [1.54, 1.807) is 0 Å². The molecule has 1 aromatic rings. The van der Waals surface area contributed by atoms with Gasteiger partial charge in [0.05, 0.1) is 0 Å². The van der Waals surface area contributed by atoms with Gasteiger partial charge in [0.15, 0.2) is 0 Å². The van der Waals surface area contributed by atoms with E-state index in [1.165, 1.54) is 18.6 Å². The average molecular weight is 318 g/mol. The molecule has 0 radical (unpaired) electrons. The summed E-state index contributed by atoms with van der Waals surface area (Å²) in [7, 11) is 0. The molecule has 4 heteroatoms. The minimum absolute atomic E-state index is 0.721. The van der Waals surface area contributed by atoms with E-state index in [1.807, 2.05) is 36.0 Å². The van der Waals surface area contributed by atoms with Crippen LogP contribution in [0, 0.1) is 0 Å². The minimum atomic E-state index is 0.721. The second-order valence-corrected chi connectivity index (χ2v) is 5.66. The third-order valence-electron chi connectivity index (χ3n) is 2.30. The van der Waals surface area contributed by atoms with Crippen LogP contribution in [0.15, 0.2) is 28.7 Å². The molecule has 0 aliphatic carbocycles. The van der Waals surface area contributed by atoms with E-state index in [9.17, 15) is 0 Å². The highest BCUT2D eigenvalue weighted by atomic mass is 79.9. The molecule has 17 heavy (non-hydrogen) atoms. The molecule has 0 aliphatic rings. The fraction of sp³-hybridized carbons (Fsp3) is 0.538. The Labute approximate surface area is 117 Å². The molecule has 1 rings (SSSR count). The van der Waals surface area contributed by atoms with E-state index in [4.69, 9.17) is 4.74 Å². The maximum Gasteiger partial charge on any atom is 0.120 e. The predicted octanol–water partition coefficient (Wildman–Crippen LogP) is 3.56. The van der Waals surface area contributed by atoms with Crippen molar-refractivity contribution in [2.45, 2.75) is 12.8 Å². The quantitative estimate of drug-likeness (QED) is 0.704. The van der Waals surface area contributed by atoms with Crippen molar-refractivity contribution in [2.75, 3.05) is 31.7 Å². The summed E-state index contributed by atoms with van der Waals surface area (Å²) in [6.45, 7) is 2.72. The monoisotopic (exact) mass is 317 g/mol. The van der Waals surface area contributed by atoms with E-state index in [0.29, 0.717) is 0 Å². The summed E-state index contributed by atoms with van der Waals surface area (Å²) >= 11 is 5.33. The van der Waals surface area contributed by atoms with Crippen molar-refractivity contribution in [3.63, 3.8) is 0 Å². The first kappa shape index (κ1) is 14.9. The third-order valence-corrected chi connectivity index (χ3v) is 3.49. The number of thioether (sulfide) groups is 1. The van der Waals surface area contributed by atoms with Crippen LogP contribution in [-0.4, -0.2) is 31.7 Å². The molecular weight excluding hydrogens is 298 g/mol. The summed E-state index contributed by atoms with van der Waals surface area (Å²) in [5, 5.41) is 3.38. The topological polar surface area (TPSA) is 21.3 Å². The summed E-state index contributed by atoms with van der Waals surface area (Å²) in [6, 6.07) is 7.94. The van der Waals surface area contributed by atoms with E-state index >= 15 is 0 Å². The van der Waals surface area contributed by atoms with E-state index in [2.05, 4.69) is 27.5 Å². The molecule has 2 nitrogen and oxygen atoms in total. The summed E-state index contributed by atoms with van der Waals surface area (Å²) in [5.41, 5.74) is 0. The lowest BCUT2D eigenvalue weighted by Crippen LogP contribution is -2.22. The Morgan fingerprint density at radius 3 is 2.94 bits per heavy atom. The molecule has 0 saturated carbocycles. The van der Waals surface area contributed by atoms with Crippen LogP contribution in [0.25, 0.3) is 0 Å². The minimum Gasteiger partial charge on any atom is -0.492 e. The van der Waals surface area contributed by atoms with Crippen molar-refractivity contribution in [3.8, 4) is 5.75 Å². The summed E-state index contributed by atoms with van der Waals surface area (Å²) in [5.74, 6) is 2.18. The molecular formula is C13H20BrNOS. The van der Waals surface area contributed by atoms with Gasteiger partial charge in [-0.3, -0.25) is 0 Å². The van der Waals surface area contributed by atoms with Crippen molar-refractivity contribution < 1.29 is 4.74 Å². The van der Waals surface area contributed by atoms with Crippen molar-refractivity contribution in [1.29, 1.82) is 0 Å². The zero-order valence-electron chi connectivity index (χ0n) is 10.2. The van der Waals surface area contributed by atoms with Crippen LogP contribution < -0.4 is 10.1 Å². The van der Waals surface area contributed by atoms with Gasteiger partial charge in [0.1, 0.15) is 12.4 Å². The highest BCUT2D eigenvalue weighted by Crippen LogP contribution is 2.17. The number of nitrogens with one attached hydrogen (secondary N) is 1. The number of hydrogen-bond acceptors (Lipinski definition) is 3. The molecule has 0 amide bonds. The lowest BCUT2D eigenvalue weighted by Gasteiger charge is -2.07. The van der Waals surface area contributed by atoms with Crippen molar-refractivity contribution in [3.05, 3.63) is 28.7 Å². The molecule has 0 heterocycles. The Hall–Kier alpha value is -0.190. The molecule has 0 bridgehead atoms. The largest absolute Gasteiger partial charge is 0.492 e. The number of unbranched alkanes of at least 4 members (excludes halogenated alkanes) is 1. The Morgan fingerprint density at radius 1 is 1.29 bits per heavy atom. The van der Waals surface area contributed by atoms with Crippen LogP contribution in [-0.2, 0) is 0 Å². The van der Waals surface area contributed by atoms with Crippen molar-refractivity contribution in [1.82, 2.24) is 5.32 Å². The number of halogens is 1. The summed E-state index contributed by atoms with van der Waals surface area (Å²) in [4.78, 5) is 0.